The first kappa shape index (κ1) is 18.7. The quantitative estimate of drug-likeness (QED) is 0.670. The molecule has 0 aliphatic rings. The van der Waals surface area contributed by atoms with Crippen LogP contribution in [0.5, 0.6) is 0 Å². The number of anilines is 1. The topological polar surface area (TPSA) is 124 Å². The summed E-state index contributed by atoms with van der Waals surface area (Å²) in [5.41, 5.74) is 0.801. The van der Waals surface area contributed by atoms with E-state index >= 15 is 0 Å². The maximum absolute atomic E-state index is 12.6. The van der Waals surface area contributed by atoms with E-state index < -0.39 is 34.4 Å². The van der Waals surface area contributed by atoms with E-state index in [1.807, 2.05) is 29.8 Å². The molecule has 0 aromatic heterocycles. The van der Waals surface area contributed by atoms with Gasteiger partial charge in [0, 0.05) is 30.6 Å². The minimum absolute atomic E-state index is 0.106. The number of hydrogen-bond donors (Lipinski definition) is 3. The Bertz CT molecular complexity index is 923. The van der Waals surface area contributed by atoms with Gasteiger partial charge in [-0.3, -0.25) is 9.59 Å². The fourth-order valence-corrected chi connectivity index (χ4v) is 3.90. The van der Waals surface area contributed by atoms with Crippen LogP contribution >= 0.6 is 0 Å². The zero-order valence-corrected chi connectivity index (χ0v) is 14.4. The van der Waals surface area contributed by atoms with E-state index in [1.54, 1.807) is 24.3 Å². The lowest BCUT2D eigenvalue weighted by Gasteiger charge is -2.18. The van der Waals surface area contributed by atoms with Crippen LogP contribution in [-0.4, -0.2) is 50.7 Å². The van der Waals surface area contributed by atoms with E-state index in [-0.39, 0.29) is 4.90 Å². The summed E-state index contributed by atoms with van der Waals surface area (Å²) in [4.78, 5) is 23.6. The van der Waals surface area contributed by atoms with E-state index in [0.29, 0.717) is 10.8 Å². The zero-order valence-electron chi connectivity index (χ0n) is 13.6. The van der Waals surface area contributed by atoms with Gasteiger partial charge in [-0.05, 0) is 12.1 Å². The van der Waals surface area contributed by atoms with E-state index in [2.05, 4.69) is 0 Å². The van der Waals surface area contributed by atoms with Gasteiger partial charge in [0.15, 0.2) is 0 Å². The second kappa shape index (κ2) is 7.08. The Hall–Kier alpha value is -2.65. The fraction of sp³-hybridized carbons (Fsp3) is 0.250. The van der Waals surface area contributed by atoms with Gasteiger partial charge in [0.2, 0.25) is 10.0 Å². The highest BCUT2D eigenvalue weighted by Crippen LogP contribution is 2.30. The van der Waals surface area contributed by atoms with Gasteiger partial charge in [-0.1, -0.05) is 24.3 Å². The maximum atomic E-state index is 12.6. The van der Waals surface area contributed by atoms with Crippen molar-refractivity contribution in [1.29, 1.82) is 0 Å². The van der Waals surface area contributed by atoms with Gasteiger partial charge in [-0.2, -0.15) is 4.72 Å². The summed E-state index contributed by atoms with van der Waals surface area (Å²) < 4.78 is 27.2. The molecule has 2 rings (SSSR count). The molecule has 2 aromatic carbocycles. The van der Waals surface area contributed by atoms with Crippen molar-refractivity contribution in [3.05, 3.63) is 36.4 Å². The lowest BCUT2D eigenvalue weighted by molar-refractivity contribution is -0.145. The summed E-state index contributed by atoms with van der Waals surface area (Å²) >= 11 is 0. The fourth-order valence-electron chi connectivity index (χ4n) is 2.49. The first-order valence-electron chi connectivity index (χ1n) is 7.29. The molecular weight excluding hydrogens is 348 g/mol. The molecule has 0 saturated heterocycles. The number of carboxylic acids is 2. The first-order chi connectivity index (χ1) is 11.6. The predicted molar refractivity (Wildman–Crippen MR) is 92.3 cm³/mol. The third-order valence-electron chi connectivity index (χ3n) is 3.60. The summed E-state index contributed by atoms with van der Waals surface area (Å²) in [6.07, 6.45) is -0.859. The Balaban J connectivity index is 2.54. The largest absolute Gasteiger partial charge is 0.481 e. The summed E-state index contributed by atoms with van der Waals surface area (Å²) in [7, 11) is -0.590. The maximum Gasteiger partial charge on any atom is 0.322 e. The van der Waals surface area contributed by atoms with Crippen LogP contribution < -0.4 is 9.62 Å². The molecule has 1 atom stereocenters. The lowest BCUT2D eigenvalue weighted by Crippen LogP contribution is -2.42. The SMILES string of the molecule is CN(C)c1cccc2c(S(=O)(=O)N[C@H](CC(=O)O)C(=O)O)cccc12. The molecule has 0 bridgehead atoms. The highest BCUT2D eigenvalue weighted by molar-refractivity contribution is 7.89. The minimum Gasteiger partial charge on any atom is -0.481 e. The van der Waals surface area contributed by atoms with E-state index in [0.717, 1.165) is 5.69 Å². The zero-order chi connectivity index (χ0) is 18.8. The van der Waals surface area contributed by atoms with E-state index in [9.17, 15) is 18.0 Å². The van der Waals surface area contributed by atoms with Crippen LogP contribution in [0.25, 0.3) is 10.8 Å². The Morgan fingerprint density at radius 2 is 1.68 bits per heavy atom. The van der Waals surface area contributed by atoms with Crippen molar-refractivity contribution in [1.82, 2.24) is 4.72 Å². The number of fused-ring (bicyclic) bond motifs is 1. The number of sulfonamides is 1. The van der Waals surface area contributed by atoms with Gasteiger partial charge in [0.1, 0.15) is 6.04 Å². The highest BCUT2D eigenvalue weighted by Gasteiger charge is 2.28. The van der Waals surface area contributed by atoms with Crippen molar-refractivity contribution >= 4 is 38.4 Å². The summed E-state index contributed by atoms with van der Waals surface area (Å²) in [5, 5.41) is 18.9. The molecule has 2 aromatic rings. The molecule has 0 spiro atoms. The van der Waals surface area contributed by atoms with Gasteiger partial charge in [-0.25, -0.2) is 8.42 Å². The van der Waals surface area contributed by atoms with E-state index in [1.165, 1.54) is 6.07 Å². The van der Waals surface area contributed by atoms with Crippen molar-refractivity contribution in [3.8, 4) is 0 Å². The van der Waals surface area contributed by atoms with Crippen LogP contribution in [0.1, 0.15) is 6.42 Å². The number of nitrogens with zero attached hydrogens (tertiary/aromatic N) is 1. The number of hydrogen-bond acceptors (Lipinski definition) is 5. The molecule has 0 aliphatic carbocycles. The number of carbonyl (C=O) groups is 2. The van der Waals surface area contributed by atoms with Crippen molar-refractivity contribution in [2.24, 2.45) is 0 Å². The second-order valence-electron chi connectivity index (χ2n) is 5.63. The first-order valence-corrected chi connectivity index (χ1v) is 8.78. The molecular formula is C16H18N2O6S. The summed E-state index contributed by atoms with van der Waals surface area (Å²) in [5.74, 6) is -2.97. The van der Waals surface area contributed by atoms with Gasteiger partial charge in [0.05, 0.1) is 11.3 Å². The Morgan fingerprint density at radius 3 is 2.24 bits per heavy atom. The van der Waals surface area contributed by atoms with Crippen molar-refractivity contribution in [2.75, 3.05) is 19.0 Å². The van der Waals surface area contributed by atoms with Gasteiger partial charge in [-0.15, -0.1) is 0 Å². The van der Waals surface area contributed by atoms with Crippen LogP contribution in [0.3, 0.4) is 0 Å². The Morgan fingerprint density at radius 1 is 1.08 bits per heavy atom. The van der Waals surface area contributed by atoms with Crippen LogP contribution in [0.4, 0.5) is 5.69 Å². The van der Waals surface area contributed by atoms with Gasteiger partial charge >= 0.3 is 11.9 Å². The number of carboxylic acid groups (broad SMARTS) is 2. The molecule has 0 fully saturated rings. The molecule has 3 N–H and O–H groups in total. The number of nitrogens with one attached hydrogen (secondary N) is 1. The smallest absolute Gasteiger partial charge is 0.322 e. The molecule has 134 valence electrons. The molecule has 0 heterocycles. The number of benzene rings is 2. The lowest BCUT2D eigenvalue weighted by atomic mass is 10.1. The molecule has 9 heteroatoms. The average molecular weight is 366 g/mol. The van der Waals surface area contributed by atoms with Crippen molar-refractivity contribution in [3.63, 3.8) is 0 Å². The number of rotatable bonds is 7. The molecule has 0 amide bonds. The second-order valence-corrected chi connectivity index (χ2v) is 7.32. The molecule has 8 nitrogen and oxygen atoms in total. The Labute approximate surface area is 144 Å². The molecule has 0 aliphatic heterocycles. The molecule has 0 saturated carbocycles. The van der Waals surface area contributed by atoms with Crippen LogP contribution in [0, 0.1) is 0 Å². The number of aliphatic carboxylic acids is 2. The van der Waals surface area contributed by atoms with Gasteiger partial charge < -0.3 is 15.1 Å². The van der Waals surface area contributed by atoms with Crippen molar-refractivity contribution in [2.45, 2.75) is 17.4 Å². The summed E-state index contributed by atoms with van der Waals surface area (Å²) in [6, 6.07) is 8.05. The normalized spacial score (nSPS) is 12.7. The molecule has 0 radical (unpaired) electrons. The van der Waals surface area contributed by atoms with Crippen LogP contribution in [-0.2, 0) is 19.6 Å². The average Bonchev–Trinajstić information content (AvgIpc) is 2.52. The van der Waals surface area contributed by atoms with E-state index in [4.69, 9.17) is 10.2 Å². The molecule has 25 heavy (non-hydrogen) atoms. The monoisotopic (exact) mass is 366 g/mol. The molecule has 0 unspecified atom stereocenters. The van der Waals surface area contributed by atoms with Crippen LogP contribution in [0.2, 0.25) is 0 Å². The highest BCUT2D eigenvalue weighted by atomic mass is 32.2. The standard InChI is InChI=1S/C16H18N2O6S/c1-18(2)13-7-3-6-11-10(13)5-4-8-14(11)25(23,24)17-12(16(21)22)9-15(19)20/h3-8,12,17H,9H2,1-2H3,(H,19,20)(H,21,22)/t12-/m1/s1. The Kier molecular flexibility index (Phi) is 5.29. The third-order valence-corrected chi connectivity index (χ3v) is 5.13. The minimum atomic E-state index is -4.23. The van der Waals surface area contributed by atoms with Crippen LogP contribution in [0.15, 0.2) is 41.3 Å². The van der Waals surface area contributed by atoms with Crippen molar-refractivity contribution < 1.29 is 28.2 Å². The third kappa shape index (κ3) is 4.06. The predicted octanol–water partition coefficient (Wildman–Crippen LogP) is 1.11. The summed E-state index contributed by atoms with van der Waals surface area (Å²) in [6.45, 7) is 0. The van der Waals surface area contributed by atoms with Gasteiger partial charge in [0.25, 0.3) is 0 Å².